The number of benzene rings is 3. The second-order valence-corrected chi connectivity index (χ2v) is 11.9. The summed E-state index contributed by atoms with van der Waals surface area (Å²) in [4.78, 5) is 14.7. The zero-order valence-electron chi connectivity index (χ0n) is 23.2. The first-order chi connectivity index (χ1) is 20.9. The van der Waals surface area contributed by atoms with Crippen molar-refractivity contribution in [2.75, 3.05) is 0 Å². The lowest BCUT2D eigenvalue weighted by atomic mass is 9.72. The van der Waals surface area contributed by atoms with Crippen LogP contribution in [-0.2, 0) is 0 Å². The average molecular weight is 540 g/mol. The Hall–Kier alpha value is -4.89. The molecule has 3 heterocycles. The highest BCUT2D eigenvalue weighted by molar-refractivity contribution is 5.78. The van der Waals surface area contributed by atoms with E-state index in [1.165, 1.54) is 50.1 Å². The average Bonchev–Trinajstić information content (AvgIpc) is 3.67. The molecule has 3 nitrogen and oxygen atoms in total. The molecule has 9 rings (SSSR count). The molecule has 3 aliphatic carbocycles. The summed E-state index contributed by atoms with van der Waals surface area (Å²) in [6, 6.07) is 40.0. The van der Waals surface area contributed by atoms with Gasteiger partial charge >= 0.3 is 0 Å². The van der Waals surface area contributed by atoms with E-state index < -0.39 is 0 Å². The van der Waals surface area contributed by atoms with Gasteiger partial charge in [0, 0.05) is 53.0 Å². The van der Waals surface area contributed by atoms with Crippen LogP contribution in [0, 0.1) is 5.92 Å². The maximum atomic E-state index is 4.92. The molecule has 0 spiro atoms. The third-order valence-corrected chi connectivity index (χ3v) is 9.88. The molecule has 3 heteroatoms. The smallest absolute Gasteiger partial charge is 0.0743 e. The van der Waals surface area contributed by atoms with Gasteiger partial charge in [0.05, 0.1) is 17.1 Å². The highest BCUT2D eigenvalue weighted by Crippen LogP contribution is 2.56. The van der Waals surface area contributed by atoms with Crippen LogP contribution in [0.2, 0.25) is 0 Å². The molecule has 0 radical (unpaired) electrons. The molecule has 0 saturated heterocycles. The second-order valence-electron chi connectivity index (χ2n) is 11.9. The number of hydrogen-bond donors (Lipinski definition) is 0. The number of pyridine rings is 3. The van der Waals surface area contributed by atoms with E-state index >= 15 is 0 Å². The lowest BCUT2D eigenvalue weighted by molar-refractivity contribution is 0.376. The molecule has 0 N–H and O–H groups in total. The topological polar surface area (TPSA) is 38.7 Å². The molecular weight excluding hydrogens is 510 g/mol. The molecule has 42 heavy (non-hydrogen) atoms. The van der Waals surface area contributed by atoms with Gasteiger partial charge in [0.1, 0.15) is 0 Å². The number of fused-ring (bicyclic) bond motifs is 9. The molecule has 0 saturated carbocycles. The summed E-state index contributed by atoms with van der Waals surface area (Å²) >= 11 is 0. The van der Waals surface area contributed by atoms with Crippen molar-refractivity contribution in [2.45, 2.75) is 30.6 Å². The summed E-state index contributed by atoms with van der Waals surface area (Å²) in [6.45, 7) is 0. The van der Waals surface area contributed by atoms with E-state index in [2.05, 4.69) is 109 Å². The van der Waals surface area contributed by atoms with Crippen molar-refractivity contribution in [3.63, 3.8) is 0 Å². The Labute approximate surface area is 246 Å². The highest BCUT2D eigenvalue weighted by atomic mass is 14.7. The fourth-order valence-electron chi connectivity index (χ4n) is 8.25. The summed E-state index contributed by atoms with van der Waals surface area (Å²) in [5, 5.41) is 0. The molecule has 0 fully saturated rings. The van der Waals surface area contributed by atoms with Crippen LogP contribution in [0.25, 0.3) is 33.8 Å². The summed E-state index contributed by atoms with van der Waals surface area (Å²) in [6.07, 6.45) is 7.89. The minimum absolute atomic E-state index is 0.269. The molecule has 200 valence electrons. The van der Waals surface area contributed by atoms with E-state index in [1.54, 1.807) is 0 Å². The van der Waals surface area contributed by atoms with Crippen molar-refractivity contribution in [3.8, 4) is 33.8 Å². The SMILES string of the molecule is c1ccc2c(c1)-c1ncccc1C2CC(CC1c2ccccc2-c2ncccc21)C1c2ccccc2-c2ncccc21. The molecule has 6 aromatic rings. The standard InChI is InChI=1S/C39H29N3/c1-4-13-28-25(10-1)34(31-16-7-19-40-37(28)31)22-24(36-27-12-3-6-15-30(27)39-33(36)18-9-21-42-39)23-35-26-11-2-5-14-29(26)38-32(35)17-8-20-41-38/h1-21,24,34-36H,22-23H2. The van der Waals surface area contributed by atoms with Gasteiger partial charge in [0.25, 0.3) is 0 Å². The second kappa shape index (κ2) is 9.32. The van der Waals surface area contributed by atoms with Crippen LogP contribution in [0.3, 0.4) is 0 Å². The molecule has 3 unspecified atom stereocenters. The Morgan fingerprint density at radius 2 is 0.786 bits per heavy atom. The van der Waals surface area contributed by atoms with Gasteiger partial charge in [-0.2, -0.15) is 0 Å². The normalized spacial score (nSPS) is 19.3. The van der Waals surface area contributed by atoms with E-state index in [4.69, 9.17) is 15.0 Å². The van der Waals surface area contributed by atoms with E-state index in [-0.39, 0.29) is 5.92 Å². The summed E-state index contributed by atoms with van der Waals surface area (Å²) in [5.74, 6) is 1.23. The summed E-state index contributed by atoms with van der Waals surface area (Å²) < 4.78 is 0. The van der Waals surface area contributed by atoms with Gasteiger partial charge in [-0.05, 0) is 70.3 Å². The van der Waals surface area contributed by atoms with Gasteiger partial charge in [0.15, 0.2) is 0 Å². The van der Waals surface area contributed by atoms with Crippen LogP contribution in [0.15, 0.2) is 128 Å². The van der Waals surface area contributed by atoms with Gasteiger partial charge in [-0.1, -0.05) is 91.0 Å². The molecule has 0 bridgehead atoms. The molecular formula is C39H29N3. The van der Waals surface area contributed by atoms with Crippen LogP contribution < -0.4 is 0 Å². The van der Waals surface area contributed by atoms with E-state index in [1.807, 2.05) is 18.6 Å². The Bertz CT molecular complexity index is 1760. The first-order valence-corrected chi connectivity index (χ1v) is 15.0. The highest BCUT2D eigenvalue weighted by Gasteiger charge is 2.41. The minimum atomic E-state index is 0.269. The minimum Gasteiger partial charge on any atom is -0.256 e. The maximum Gasteiger partial charge on any atom is 0.0743 e. The Morgan fingerprint density at radius 1 is 0.405 bits per heavy atom. The van der Waals surface area contributed by atoms with Crippen molar-refractivity contribution in [1.82, 2.24) is 15.0 Å². The van der Waals surface area contributed by atoms with Crippen molar-refractivity contribution in [3.05, 3.63) is 161 Å². The van der Waals surface area contributed by atoms with Gasteiger partial charge in [-0.3, -0.25) is 15.0 Å². The summed E-state index contributed by atoms with van der Waals surface area (Å²) in [7, 11) is 0. The third-order valence-electron chi connectivity index (χ3n) is 9.88. The zero-order valence-corrected chi connectivity index (χ0v) is 23.2. The Kier molecular flexibility index (Phi) is 5.28. The van der Waals surface area contributed by atoms with Gasteiger partial charge in [-0.25, -0.2) is 0 Å². The first-order valence-electron chi connectivity index (χ1n) is 15.0. The van der Waals surface area contributed by atoms with E-state index in [0.717, 1.165) is 29.9 Å². The van der Waals surface area contributed by atoms with Gasteiger partial charge in [-0.15, -0.1) is 0 Å². The monoisotopic (exact) mass is 539 g/mol. The number of aromatic nitrogens is 3. The van der Waals surface area contributed by atoms with Crippen LogP contribution >= 0.6 is 0 Å². The van der Waals surface area contributed by atoms with Crippen molar-refractivity contribution in [2.24, 2.45) is 5.92 Å². The molecule has 3 aliphatic rings. The molecule has 0 aliphatic heterocycles. The molecule has 3 aromatic carbocycles. The van der Waals surface area contributed by atoms with Crippen LogP contribution in [0.1, 0.15) is 64.0 Å². The van der Waals surface area contributed by atoms with E-state index in [9.17, 15) is 0 Å². The predicted octanol–water partition coefficient (Wildman–Crippen LogP) is 9.01. The lowest BCUT2D eigenvalue weighted by Gasteiger charge is -2.31. The Balaban J connectivity index is 1.22. The van der Waals surface area contributed by atoms with Crippen molar-refractivity contribution < 1.29 is 0 Å². The van der Waals surface area contributed by atoms with Gasteiger partial charge < -0.3 is 0 Å². The lowest BCUT2D eigenvalue weighted by Crippen LogP contribution is -2.19. The predicted molar refractivity (Wildman–Crippen MR) is 167 cm³/mol. The third kappa shape index (κ3) is 3.43. The fourth-order valence-corrected chi connectivity index (χ4v) is 8.25. The molecule has 3 atom stereocenters. The number of nitrogens with zero attached hydrogens (tertiary/aromatic N) is 3. The summed E-state index contributed by atoms with van der Waals surface area (Å²) in [5.41, 5.74) is 15.6. The zero-order chi connectivity index (χ0) is 27.6. The van der Waals surface area contributed by atoms with Crippen LogP contribution in [0.5, 0.6) is 0 Å². The maximum absolute atomic E-state index is 4.92. The van der Waals surface area contributed by atoms with Crippen LogP contribution in [0.4, 0.5) is 0 Å². The Morgan fingerprint density at radius 3 is 1.31 bits per heavy atom. The number of hydrogen-bond acceptors (Lipinski definition) is 3. The van der Waals surface area contributed by atoms with Crippen molar-refractivity contribution in [1.29, 1.82) is 0 Å². The number of rotatable bonds is 5. The molecule has 3 aromatic heterocycles. The van der Waals surface area contributed by atoms with Crippen molar-refractivity contribution >= 4 is 0 Å². The van der Waals surface area contributed by atoms with Gasteiger partial charge in [0.2, 0.25) is 0 Å². The first kappa shape index (κ1) is 23.8. The largest absolute Gasteiger partial charge is 0.256 e. The molecule has 0 amide bonds. The van der Waals surface area contributed by atoms with E-state index in [0.29, 0.717) is 17.8 Å². The fraction of sp³-hybridized carbons (Fsp3) is 0.154. The quantitative estimate of drug-likeness (QED) is 0.219. The van der Waals surface area contributed by atoms with Crippen LogP contribution in [-0.4, -0.2) is 15.0 Å².